The average molecular weight is 254 g/mol. The average Bonchev–Trinajstić information content (AvgIpc) is 2.31. The van der Waals surface area contributed by atoms with Gasteiger partial charge in [-0.15, -0.1) is 0 Å². The van der Waals surface area contributed by atoms with E-state index in [2.05, 4.69) is 26.0 Å². The number of nitrogens with two attached hydrogens (primary N) is 1. The van der Waals surface area contributed by atoms with Crippen molar-refractivity contribution < 1.29 is 0 Å². The second-order valence-electron chi connectivity index (χ2n) is 4.87. The van der Waals surface area contributed by atoms with Gasteiger partial charge in [-0.25, -0.2) is 0 Å². The van der Waals surface area contributed by atoms with Crippen LogP contribution in [-0.2, 0) is 0 Å². The molecule has 0 amide bonds. The van der Waals surface area contributed by atoms with E-state index in [-0.39, 0.29) is 6.04 Å². The third kappa shape index (κ3) is 4.01. The van der Waals surface area contributed by atoms with Crippen molar-refractivity contribution in [2.75, 3.05) is 0 Å². The first-order chi connectivity index (χ1) is 8.10. The second kappa shape index (κ2) is 7.03. The normalized spacial score (nSPS) is 13.1. The zero-order valence-electron chi connectivity index (χ0n) is 11.2. The molecule has 0 aliphatic heterocycles. The molecule has 0 aromatic heterocycles. The Morgan fingerprint density at radius 1 is 1.18 bits per heavy atom. The van der Waals surface area contributed by atoms with Crippen LogP contribution in [0.3, 0.4) is 0 Å². The molecule has 1 nitrogen and oxygen atoms in total. The summed E-state index contributed by atoms with van der Waals surface area (Å²) in [6.07, 6.45) is 4.77. The Morgan fingerprint density at radius 2 is 1.76 bits per heavy atom. The van der Waals surface area contributed by atoms with Crippen LogP contribution in [0.4, 0.5) is 0 Å². The third-order valence-electron chi connectivity index (χ3n) is 3.41. The molecule has 17 heavy (non-hydrogen) atoms. The van der Waals surface area contributed by atoms with Gasteiger partial charge in [0.2, 0.25) is 0 Å². The number of hydrogen-bond acceptors (Lipinski definition) is 1. The van der Waals surface area contributed by atoms with Crippen LogP contribution in [-0.4, -0.2) is 0 Å². The number of rotatable bonds is 6. The van der Waals surface area contributed by atoms with Crippen molar-refractivity contribution in [2.24, 2.45) is 11.7 Å². The van der Waals surface area contributed by atoms with Crippen molar-refractivity contribution in [3.63, 3.8) is 0 Å². The lowest BCUT2D eigenvalue weighted by Gasteiger charge is -2.24. The first kappa shape index (κ1) is 14.5. The SMILES string of the molecule is CCCC(CCC)C(N)c1ccc(C)c(Cl)c1. The summed E-state index contributed by atoms with van der Waals surface area (Å²) in [4.78, 5) is 0. The van der Waals surface area contributed by atoms with Gasteiger partial charge >= 0.3 is 0 Å². The molecule has 0 radical (unpaired) electrons. The van der Waals surface area contributed by atoms with E-state index in [9.17, 15) is 0 Å². The molecule has 2 heteroatoms. The van der Waals surface area contributed by atoms with Gasteiger partial charge in [0, 0.05) is 11.1 Å². The van der Waals surface area contributed by atoms with E-state index in [0.717, 1.165) is 10.6 Å². The first-order valence-corrected chi connectivity index (χ1v) is 6.99. The van der Waals surface area contributed by atoms with Gasteiger partial charge in [0.05, 0.1) is 0 Å². The van der Waals surface area contributed by atoms with Crippen LogP contribution in [0.15, 0.2) is 18.2 Å². The van der Waals surface area contributed by atoms with E-state index in [1.165, 1.54) is 31.2 Å². The Hall–Kier alpha value is -0.530. The van der Waals surface area contributed by atoms with Gasteiger partial charge in [-0.2, -0.15) is 0 Å². The van der Waals surface area contributed by atoms with E-state index in [1.807, 2.05) is 13.0 Å². The highest BCUT2D eigenvalue weighted by Gasteiger charge is 2.18. The summed E-state index contributed by atoms with van der Waals surface area (Å²) < 4.78 is 0. The molecule has 0 spiro atoms. The predicted octanol–water partition coefficient (Wildman–Crippen LogP) is 4.86. The van der Waals surface area contributed by atoms with Crippen molar-refractivity contribution >= 4 is 11.6 Å². The van der Waals surface area contributed by atoms with Crippen LogP contribution < -0.4 is 5.73 Å². The summed E-state index contributed by atoms with van der Waals surface area (Å²) >= 11 is 6.16. The maximum Gasteiger partial charge on any atom is 0.0438 e. The fourth-order valence-electron chi connectivity index (χ4n) is 2.33. The summed E-state index contributed by atoms with van der Waals surface area (Å²) in [7, 11) is 0. The molecule has 1 aromatic carbocycles. The number of benzene rings is 1. The molecule has 1 aromatic rings. The van der Waals surface area contributed by atoms with E-state index < -0.39 is 0 Å². The van der Waals surface area contributed by atoms with Crippen molar-refractivity contribution in [1.82, 2.24) is 0 Å². The van der Waals surface area contributed by atoms with Crippen LogP contribution in [0, 0.1) is 12.8 Å². The molecule has 0 fully saturated rings. The van der Waals surface area contributed by atoms with E-state index in [1.54, 1.807) is 0 Å². The standard InChI is InChI=1S/C15H24ClN/c1-4-6-12(7-5-2)15(17)13-9-8-11(3)14(16)10-13/h8-10,12,15H,4-7,17H2,1-3H3. The van der Waals surface area contributed by atoms with Crippen molar-refractivity contribution in [1.29, 1.82) is 0 Å². The monoisotopic (exact) mass is 253 g/mol. The topological polar surface area (TPSA) is 26.0 Å². The summed E-state index contributed by atoms with van der Waals surface area (Å²) in [5, 5.41) is 0.824. The fraction of sp³-hybridized carbons (Fsp3) is 0.600. The van der Waals surface area contributed by atoms with Crippen LogP contribution in [0.2, 0.25) is 5.02 Å². The van der Waals surface area contributed by atoms with Gasteiger partial charge in [0.15, 0.2) is 0 Å². The van der Waals surface area contributed by atoms with Crippen molar-refractivity contribution in [2.45, 2.75) is 52.5 Å². The van der Waals surface area contributed by atoms with E-state index in [4.69, 9.17) is 17.3 Å². The number of aryl methyl sites for hydroxylation is 1. The zero-order chi connectivity index (χ0) is 12.8. The third-order valence-corrected chi connectivity index (χ3v) is 3.81. The Labute approximate surface area is 110 Å². The smallest absolute Gasteiger partial charge is 0.0438 e. The fourth-order valence-corrected chi connectivity index (χ4v) is 2.52. The highest BCUT2D eigenvalue weighted by atomic mass is 35.5. The molecule has 1 unspecified atom stereocenters. The molecule has 0 aliphatic carbocycles. The molecular weight excluding hydrogens is 230 g/mol. The summed E-state index contributed by atoms with van der Waals surface area (Å²) in [6.45, 7) is 6.46. The quantitative estimate of drug-likeness (QED) is 0.770. The molecule has 2 N–H and O–H groups in total. The Balaban J connectivity index is 2.84. The van der Waals surface area contributed by atoms with Crippen LogP contribution >= 0.6 is 11.6 Å². The zero-order valence-corrected chi connectivity index (χ0v) is 11.9. The minimum Gasteiger partial charge on any atom is -0.324 e. The summed E-state index contributed by atoms with van der Waals surface area (Å²) in [5.41, 5.74) is 8.66. The lowest BCUT2D eigenvalue weighted by Crippen LogP contribution is -2.21. The van der Waals surface area contributed by atoms with E-state index >= 15 is 0 Å². The Bertz CT molecular complexity index is 343. The first-order valence-electron chi connectivity index (χ1n) is 6.61. The molecule has 0 heterocycles. The molecule has 0 saturated carbocycles. The van der Waals surface area contributed by atoms with Crippen LogP contribution in [0.5, 0.6) is 0 Å². The predicted molar refractivity (Wildman–Crippen MR) is 76.4 cm³/mol. The Morgan fingerprint density at radius 3 is 2.24 bits per heavy atom. The lowest BCUT2D eigenvalue weighted by atomic mass is 9.86. The highest BCUT2D eigenvalue weighted by molar-refractivity contribution is 6.31. The molecule has 1 atom stereocenters. The molecular formula is C15H24ClN. The van der Waals surface area contributed by atoms with Crippen molar-refractivity contribution in [3.05, 3.63) is 34.3 Å². The second-order valence-corrected chi connectivity index (χ2v) is 5.28. The minimum absolute atomic E-state index is 0.119. The summed E-state index contributed by atoms with van der Waals surface area (Å²) in [5.74, 6) is 0.573. The number of hydrogen-bond donors (Lipinski definition) is 1. The van der Waals surface area contributed by atoms with Gasteiger partial charge in [0.25, 0.3) is 0 Å². The highest BCUT2D eigenvalue weighted by Crippen LogP contribution is 2.29. The van der Waals surface area contributed by atoms with Crippen LogP contribution in [0.1, 0.15) is 56.7 Å². The van der Waals surface area contributed by atoms with Crippen molar-refractivity contribution in [3.8, 4) is 0 Å². The number of halogens is 1. The maximum atomic E-state index is 6.37. The molecule has 0 aliphatic rings. The molecule has 96 valence electrons. The van der Waals surface area contributed by atoms with Crippen LogP contribution in [0.25, 0.3) is 0 Å². The largest absolute Gasteiger partial charge is 0.324 e. The Kier molecular flexibility index (Phi) is 6.01. The molecule has 0 bridgehead atoms. The minimum atomic E-state index is 0.119. The van der Waals surface area contributed by atoms with Gasteiger partial charge in [0.1, 0.15) is 0 Å². The lowest BCUT2D eigenvalue weighted by molar-refractivity contribution is 0.368. The van der Waals surface area contributed by atoms with Gasteiger partial charge in [-0.3, -0.25) is 0 Å². The molecule has 0 saturated heterocycles. The van der Waals surface area contributed by atoms with Gasteiger partial charge < -0.3 is 5.73 Å². The molecule has 1 rings (SSSR count). The summed E-state index contributed by atoms with van der Waals surface area (Å²) in [6, 6.07) is 6.32. The van der Waals surface area contributed by atoms with Gasteiger partial charge in [-0.05, 0) is 42.9 Å². The van der Waals surface area contributed by atoms with Gasteiger partial charge in [-0.1, -0.05) is 50.4 Å². The maximum absolute atomic E-state index is 6.37. The van der Waals surface area contributed by atoms with E-state index in [0.29, 0.717) is 5.92 Å².